The Kier molecular flexibility index (Phi) is 5.02. The molecule has 7 heteroatoms. The van der Waals surface area contributed by atoms with Gasteiger partial charge < -0.3 is 10.2 Å². The highest BCUT2D eigenvalue weighted by atomic mass is 35.5. The zero-order valence-corrected chi connectivity index (χ0v) is 16.7. The molecule has 0 fully saturated rings. The quantitative estimate of drug-likeness (QED) is 0.455. The smallest absolute Gasteiger partial charge is 0.459 e. The van der Waals surface area contributed by atoms with E-state index < -0.39 is 0 Å². The van der Waals surface area contributed by atoms with Gasteiger partial charge in [-0.1, -0.05) is 69.7 Å². The van der Waals surface area contributed by atoms with E-state index in [1.807, 2.05) is 36.4 Å². The highest BCUT2D eigenvalue weighted by Gasteiger charge is 2.35. The standard InChI is InChI=1S/C21H13Cl3N2O2/c22-16-7-3-1-5-13(16)12-25-19-8-4-2-6-15(19)20(27)26(21(25)28)14-9-10-17(23)18(24)11-14/h1-11H,12H2/p+2. The molecular formula is C21H15Cl3N2O2+2. The van der Waals surface area contributed by atoms with Gasteiger partial charge in [-0.05, 0) is 22.8 Å². The second-order valence-electron chi connectivity index (χ2n) is 6.25. The molecule has 1 heterocycles. The van der Waals surface area contributed by atoms with Crippen LogP contribution in [0.3, 0.4) is 0 Å². The maximum absolute atomic E-state index is 11.1. The molecule has 0 aliphatic rings. The zero-order chi connectivity index (χ0) is 19.8. The Balaban J connectivity index is 2.01. The number of para-hydroxylation sites is 1. The highest BCUT2D eigenvalue weighted by molar-refractivity contribution is 6.42. The Bertz CT molecular complexity index is 1210. The fourth-order valence-corrected chi connectivity index (χ4v) is 3.64. The Morgan fingerprint density at radius 1 is 0.750 bits per heavy atom. The van der Waals surface area contributed by atoms with E-state index >= 15 is 0 Å². The van der Waals surface area contributed by atoms with Gasteiger partial charge in [0.1, 0.15) is 0 Å². The Labute approximate surface area is 176 Å². The first-order valence-electron chi connectivity index (χ1n) is 8.44. The van der Waals surface area contributed by atoms with Gasteiger partial charge in [0.15, 0.2) is 11.9 Å². The molecule has 0 aliphatic carbocycles. The lowest BCUT2D eigenvalue weighted by Crippen LogP contribution is -2.47. The first-order chi connectivity index (χ1) is 13.5. The topological polar surface area (TPSA) is 48.2 Å². The van der Waals surface area contributed by atoms with Crippen LogP contribution < -0.4 is 9.13 Å². The zero-order valence-electron chi connectivity index (χ0n) is 14.5. The molecule has 0 bridgehead atoms. The molecule has 4 rings (SSSR count). The molecule has 0 aliphatic heterocycles. The molecule has 1 aromatic heterocycles. The van der Waals surface area contributed by atoms with Crippen LogP contribution >= 0.6 is 34.8 Å². The van der Waals surface area contributed by atoms with Crippen LogP contribution in [0.2, 0.25) is 15.1 Å². The lowest BCUT2D eigenvalue weighted by atomic mass is 10.2. The van der Waals surface area contributed by atoms with Crippen molar-refractivity contribution in [2.45, 2.75) is 6.54 Å². The Morgan fingerprint density at radius 2 is 1.46 bits per heavy atom. The van der Waals surface area contributed by atoms with Crippen LogP contribution in [0.25, 0.3) is 16.6 Å². The maximum Gasteiger partial charge on any atom is 0.638 e. The summed E-state index contributed by atoms with van der Waals surface area (Å²) < 4.78 is 3.00. The second kappa shape index (κ2) is 7.47. The monoisotopic (exact) mass is 432 g/mol. The van der Waals surface area contributed by atoms with E-state index in [4.69, 9.17) is 34.8 Å². The minimum absolute atomic E-state index is 0.109. The van der Waals surface area contributed by atoms with E-state index in [2.05, 4.69) is 0 Å². The van der Waals surface area contributed by atoms with Gasteiger partial charge >= 0.3 is 11.9 Å². The fourth-order valence-electron chi connectivity index (χ4n) is 3.16. The first-order valence-corrected chi connectivity index (χ1v) is 9.58. The third kappa shape index (κ3) is 3.24. The number of halogens is 3. The third-order valence-corrected chi connectivity index (χ3v) is 5.64. The fraction of sp³-hybridized carbons (Fsp3) is 0.0476. The van der Waals surface area contributed by atoms with Crippen molar-refractivity contribution in [1.82, 2.24) is 0 Å². The van der Waals surface area contributed by atoms with E-state index in [9.17, 15) is 10.2 Å². The van der Waals surface area contributed by atoms with Gasteiger partial charge in [0.05, 0.1) is 15.1 Å². The number of benzene rings is 3. The van der Waals surface area contributed by atoms with Crippen LogP contribution in [0.1, 0.15) is 5.56 Å². The predicted molar refractivity (Wildman–Crippen MR) is 110 cm³/mol. The van der Waals surface area contributed by atoms with Crippen molar-refractivity contribution in [1.29, 1.82) is 0 Å². The number of aromatic hydroxyl groups is 2. The van der Waals surface area contributed by atoms with Gasteiger partial charge in [-0.15, -0.1) is 0 Å². The molecule has 140 valence electrons. The number of hydrogen-bond donors (Lipinski definition) is 2. The molecular weight excluding hydrogens is 419 g/mol. The summed E-state index contributed by atoms with van der Waals surface area (Å²) >= 11 is 18.5. The first kappa shape index (κ1) is 18.8. The largest absolute Gasteiger partial charge is 0.638 e. The molecule has 28 heavy (non-hydrogen) atoms. The predicted octanol–water partition coefficient (Wildman–Crippen LogP) is 4.82. The second-order valence-corrected chi connectivity index (χ2v) is 7.47. The van der Waals surface area contributed by atoms with Crippen LogP contribution in [-0.2, 0) is 6.54 Å². The third-order valence-electron chi connectivity index (χ3n) is 4.54. The molecule has 0 amide bonds. The summed E-state index contributed by atoms with van der Waals surface area (Å²) in [4.78, 5) is 0. The number of nitrogens with zero attached hydrogens (tertiary/aromatic N) is 2. The van der Waals surface area contributed by atoms with Crippen molar-refractivity contribution in [2.75, 3.05) is 0 Å². The Morgan fingerprint density at radius 3 is 2.21 bits per heavy atom. The molecule has 3 aromatic carbocycles. The highest BCUT2D eigenvalue weighted by Crippen LogP contribution is 2.27. The van der Waals surface area contributed by atoms with E-state index in [1.165, 1.54) is 4.57 Å². The van der Waals surface area contributed by atoms with Crippen molar-refractivity contribution in [2.24, 2.45) is 0 Å². The van der Waals surface area contributed by atoms with E-state index in [-0.39, 0.29) is 11.9 Å². The summed E-state index contributed by atoms with van der Waals surface area (Å²) in [5, 5.41) is 23.8. The van der Waals surface area contributed by atoms with Gasteiger partial charge in [0, 0.05) is 23.8 Å². The molecule has 0 saturated carbocycles. The summed E-state index contributed by atoms with van der Waals surface area (Å²) in [7, 11) is 0. The summed E-state index contributed by atoms with van der Waals surface area (Å²) in [6.07, 6.45) is 0. The normalized spacial score (nSPS) is 11.1. The SMILES string of the molecule is Oc1c2ccccc2[n+](Cc2ccccc2Cl)c(O)[n+]1-c1ccc(Cl)c(Cl)c1. The maximum atomic E-state index is 11.1. The molecule has 0 spiro atoms. The molecule has 4 nitrogen and oxygen atoms in total. The molecule has 0 saturated heterocycles. The van der Waals surface area contributed by atoms with Gasteiger partial charge in [-0.2, -0.15) is 0 Å². The van der Waals surface area contributed by atoms with Gasteiger partial charge in [-0.25, -0.2) is 0 Å². The van der Waals surface area contributed by atoms with Gasteiger partial charge in [0.2, 0.25) is 11.2 Å². The number of hydrogen-bond acceptors (Lipinski definition) is 2. The minimum atomic E-state index is -0.172. The molecule has 0 atom stereocenters. The van der Waals surface area contributed by atoms with Crippen molar-refractivity contribution >= 4 is 45.7 Å². The molecule has 2 N–H and O–H groups in total. The van der Waals surface area contributed by atoms with E-state index in [0.29, 0.717) is 38.2 Å². The van der Waals surface area contributed by atoms with E-state index in [0.717, 1.165) is 5.56 Å². The summed E-state index contributed by atoms with van der Waals surface area (Å²) in [6, 6.07) is 19.4. The van der Waals surface area contributed by atoms with Crippen LogP contribution in [0.4, 0.5) is 0 Å². The number of fused-ring (bicyclic) bond motifs is 1. The summed E-state index contributed by atoms with van der Waals surface area (Å²) in [5.74, 6) is -0.109. The van der Waals surface area contributed by atoms with Crippen LogP contribution in [0.5, 0.6) is 11.9 Å². The van der Waals surface area contributed by atoms with Gasteiger partial charge in [0.25, 0.3) is 0 Å². The molecule has 0 unspecified atom stereocenters. The van der Waals surface area contributed by atoms with Crippen LogP contribution in [-0.4, -0.2) is 10.2 Å². The number of aromatic nitrogens is 2. The van der Waals surface area contributed by atoms with Gasteiger partial charge in [-0.3, -0.25) is 0 Å². The van der Waals surface area contributed by atoms with Crippen LogP contribution in [0, 0.1) is 0 Å². The summed E-state index contributed by atoms with van der Waals surface area (Å²) in [5.41, 5.74) is 1.97. The molecule has 4 aromatic rings. The van der Waals surface area contributed by atoms with E-state index in [1.54, 1.807) is 34.9 Å². The lowest BCUT2D eigenvalue weighted by Gasteiger charge is -2.06. The van der Waals surface area contributed by atoms with Crippen molar-refractivity contribution in [3.63, 3.8) is 0 Å². The van der Waals surface area contributed by atoms with Crippen molar-refractivity contribution < 1.29 is 19.3 Å². The average molecular weight is 434 g/mol. The summed E-state index contributed by atoms with van der Waals surface area (Å²) in [6.45, 7) is 0.313. The average Bonchev–Trinajstić information content (AvgIpc) is 2.69. The van der Waals surface area contributed by atoms with Crippen LogP contribution in [0.15, 0.2) is 66.7 Å². The van der Waals surface area contributed by atoms with Crippen molar-refractivity contribution in [3.05, 3.63) is 87.4 Å². The van der Waals surface area contributed by atoms with Crippen molar-refractivity contribution in [3.8, 4) is 17.6 Å². The Hall–Kier alpha value is -2.53. The number of rotatable bonds is 3. The minimum Gasteiger partial charge on any atom is -0.459 e. The molecule has 0 radical (unpaired) electrons. The lowest BCUT2D eigenvalue weighted by molar-refractivity contribution is -0.776.